The minimum absolute atomic E-state index is 0.291. The average molecular weight is 232 g/mol. The van der Waals surface area contributed by atoms with E-state index < -0.39 is 0 Å². The van der Waals surface area contributed by atoms with Gasteiger partial charge in [-0.1, -0.05) is 12.1 Å². The number of rotatable bonds is 2. The van der Waals surface area contributed by atoms with Crippen molar-refractivity contribution in [2.45, 2.75) is 6.54 Å². The second-order valence-electron chi connectivity index (χ2n) is 3.37. The Morgan fingerprint density at radius 3 is 3.06 bits per heavy atom. The minimum Gasteiger partial charge on any atom is -0.412 e. The van der Waals surface area contributed by atoms with E-state index in [9.17, 15) is 0 Å². The molecule has 0 aliphatic heterocycles. The number of aromatic amines is 1. The molecule has 1 aromatic carbocycles. The summed E-state index contributed by atoms with van der Waals surface area (Å²) in [6.07, 6.45) is 1.76. The predicted molar refractivity (Wildman–Crippen MR) is 60.5 cm³/mol. The van der Waals surface area contributed by atoms with Gasteiger partial charge in [0.15, 0.2) is 0 Å². The molecule has 0 fully saturated rings. The number of nitrogens with zero attached hydrogens (tertiary/aromatic N) is 3. The number of aromatic nitrogens is 4. The fourth-order valence-electron chi connectivity index (χ4n) is 1.61. The van der Waals surface area contributed by atoms with Gasteiger partial charge >= 0.3 is 0 Å². The summed E-state index contributed by atoms with van der Waals surface area (Å²) in [7, 11) is 0. The van der Waals surface area contributed by atoms with Crippen molar-refractivity contribution in [3.8, 4) is 0 Å². The highest BCUT2D eigenvalue weighted by molar-refractivity contribution is 7.71. The molecule has 0 atom stereocenters. The highest BCUT2D eigenvalue weighted by Gasteiger charge is 2.05. The molecule has 1 N–H and O–H groups in total. The molecule has 16 heavy (non-hydrogen) atoms. The highest BCUT2D eigenvalue weighted by atomic mass is 32.1. The van der Waals surface area contributed by atoms with Gasteiger partial charge in [-0.2, -0.15) is 0 Å². The zero-order valence-electron chi connectivity index (χ0n) is 8.25. The monoisotopic (exact) mass is 232 g/mol. The van der Waals surface area contributed by atoms with Gasteiger partial charge in [-0.15, -0.1) is 5.10 Å². The molecule has 0 unspecified atom stereocenters. The first kappa shape index (κ1) is 9.29. The number of hydrogen-bond acceptors (Lipinski definition) is 4. The topological polar surface area (TPSA) is 59.6 Å². The van der Waals surface area contributed by atoms with E-state index in [1.165, 1.54) is 0 Å². The maximum atomic E-state index is 5.21. The molecule has 0 saturated heterocycles. The summed E-state index contributed by atoms with van der Waals surface area (Å²) in [6.45, 7) is 0.521. The van der Waals surface area contributed by atoms with Crippen molar-refractivity contribution < 1.29 is 4.42 Å². The van der Waals surface area contributed by atoms with Crippen LogP contribution in [0.3, 0.4) is 0 Å². The van der Waals surface area contributed by atoms with Crippen molar-refractivity contribution in [3.05, 3.63) is 41.3 Å². The van der Waals surface area contributed by atoms with E-state index in [-0.39, 0.29) is 0 Å². The first-order valence-corrected chi connectivity index (χ1v) is 5.18. The van der Waals surface area contributed by atoms with E-state index in [1.54, 1.807) is 6.33 Å². The fraction of sp³-hybridized carbons (Fsp3) is 0.100. The summed E-state index contributed by atoms with van der Waals surface area (Å²) in [4.78, 5) is 4.57. The number of nitrogens with one attached hydrogen (secondary N) is 1. The van der Waals surface area contributed by atoms with E-state index in [0.717, 1.165) is 11.0 Å². The summed E-state index contributed by atoms with van der Waals surface area (Å²) >= 11 is 4.81. The van der Waals surface area contributed by atoms with E-state index in [0.29, 0.717) is 17.3 Å². The molecular formula is C10H8N4OS. The largest absolute Gasteiger partial charge is 0.412 e. The zero-order chi connectivity index (χ0) is 11.0. The normalized spacial score (nSPS) is 11.0. The highest BCUT2D eigenvalue weighted by Crippen LogP contribution is 2.12. The third-order valence-electron chi connectivity index (χ3n) is 2.32. The Morgan fingerprint density at radius 1 is 1.38 bits per heavy atom. The van der Waals surface area contributed by atoms with E-state index in [4.69, 9.17) is 16.6 Å². The third-order valence-corrected chi connectivity index (χ3v) is 2.49. The fourth-order valence-corrected chi connectivity index (χ4v) is 1.75. The standard InChI is InChI=1S/C10H8N4OS/c16-10-13-12-9(15-10)5-14-6-11-7-3-1-2-4-8(7)14/h1-4,6H,5H2,(H,13,16). The third kappa shape index (κ3) is 1.53. The number of hydrogen-bond donors (Lipinski definition) is 1. The molecule has 0 radical (unpaired) electrons. The number of imidazole rings is 1. The van der Waals surface area contributed by atoms with Crippen LogP contribution in [0, 0.1) is 4.84 Å². The quantitative estimate of drug-likeness (QED) is 0.687. The van der Waals surface area contributed by atoms with Gasteiger partial charge in [-0.05, 0) is 24.4 Å². The van der Waals surface area contributed by atoms with Gasteiger partial charge in [-0.25, -0.2) is 10.1 Å². The molecule has 0 amide bonds. The molecule has 2 heterocycles. The van der Waals surface area contributed by atoms with E-state index in [2.05, 4.69) is 15.2 Å². The molecule has 2 aromatic heterocycles. The lowest BCUT2D eigenvalue weighted by Gasteiger charge is -1.98. The number of H-pyrrole nitrogens is 1. The summed E-state index contributed by atoms with van der Waals surface area (Å²) in [6, 6.07) is 7.90. The summed E-state index contributed by atoms with van der Waals surface area (Å²) in [5.41, 5.74) is 2.00. The zero-order valence-corrected chi connectivity index (χ0v) is 9.07. The van der Waals surface area contributed by atoms with Crippen LogP contribution in [0.5, 0.6) is 0 Å². The van der Waals surface area contributed by atoms with Gasteiger partial charge < -0.3 is 8.98 Å². The second kappa shape index (κ2) is 3.57. The maximum absolute atomic E-state index is 5.21. The second-order valence-corrected chi connectivity index (χ2v) is 3.74. The molecule has 80 valence electrons. The number of benzene rings is 1. The lowest BCUT2D eigenvalue weighted by molar-refractivity contribution is 0.468. The number of fused-ring (bicyclic) bond motifs is 1. The lowest BCUT2D eigenvalue weighted by atomic mass is 10.3. The van der Waals surface area contributed by atoms with Crippen LogP contribution < -0.4 is 0 Å². The van der Waals surface area contributed by atoms with Crippen molar-refractivity contribution >= 4 is 23.3 Å². The van der Waals surface area contributed by atoms with E-state index >= 15 is 0 Å². The Bertz CT molecular complexity index is 681. The Balaban J connectivity index is 2.03. The smallest absolute Gasteiger partial charge is 0.284 e. The minimum atomic E-state index is 0.291. The molecule has 0 aliphatic carbocycles. The van der Waals surface area contributed by atoms with Crippen LogP contribution in [0.4, 0.5) is 0 Å². The van der Waals surface area contributed by atoms with Crippen molar-refractivity contribution in [3.63, 3.8) is 0 Å². The molecule has 0 spiro atoms. The maximum Gasteiger partial charge on any atom is 0.284 e. The Hall–Kier alpha value is -1.95. The van der Waals surface area contributed by atoms with Gasteiger partial charge in [0.1, 0.15) is 6.54 Å². The van der Waals surface area contributed by atoms with Gasteiger partial charge in [0, 0.05) is 0 Å². The van der Waals surface area contributed by atoms with Crippen LogP contribution in [0.15, 0.2) is 35.0 Å². The van der Waals surface area contributed by atoms with Crippen LogP contribution in [-0.2, 0) is 6.54 Å². The molecule has 3 rings (SSSR count). The van der Waals surface area contributed by atoms with Crippen molar-refractivity contribution in [2.24, 2.45) is 0 Å². The van der Waals surface area contributed by atoms with E-state index in [1.807, 2.05) is 28.8 Å². The molecule has 3 aromatic rings. The number of para-hydroxylation sites is 2. The average Bonchev–Trinajstić information content (AvgIpc) is 2.87. The first-order valence-electron chi connectivity index (χ1n) is 4.77. The van der Waals surface area contributed by atoms with Crippen LogP contribution in [0.25, 0.3) is 11.0 Å². The van der Waals surface area contributed by atoms with Crippen molar-refractivity contribution in [2.75, 3.05) is 0 Å². The Kier molecular flexibility index (Phi) is 2.07. The van der Waals surface area contributed by atoms with Gasteiger partial charge in [0.2, 0.25) is 5.89 Å². The van der Waals surface area contributed by atoms with Crippen molar-refractivity contribution in [1.29, 1.82) is 0 Å². The van der Waals surface area contributed by atoms with Crippen molar-refractivity contribution in [1.82, 2.24) is 19.7 Å². The van der Waals surface area contributed by atoms with Gasteiger partial charge in [-0.3, -0.25) is 0 Å². The summed E-state index contributed by atoms with van der Waals surface area (Å²) in [5.74, 6) is 0.549. The molecule has 5 nitrogen and oxygen atoms in total. The summed E-state index contributed by atoms with van der Waals surface area (Å²) < 4.78 is 7.17. The summed E-state index contributed by atoms with van der Waals surface area (Å²) in [5, 5.41) is 6.55. The Labute approximate surface area is 95.7 Å². The molecule has 0 saturated carbocycles. The van der Waals surface area contributed by atoms with Gasteiger partial charge in [0.25, 0.3) is 4.84 Å². The molecule has 6 heteroatoms. The molecule has 0 aliphatic rings. The lowest BCUT2D eigenvalue weighted by Crippen LogP contribution is -1.97. The SMILES string of the molecule is S=c1[nH]nc(Cn2cnc3ccccc32)o1. The molecule has 0 bridgehead atoms. The van der Waals surface area contributed by atoms with Crippen LogP contribution in [0.2, 0.25) is 0 Å². The van der Waals surface area contributed by atoms with Crippen LogP contribution >= 0.6 is 12.2 Å². The predicted octanol–water partition coefficient (Wildman–Crippen LogP) is 2.13. The molecular weight excluding hydrogens is 224 g/mol. The van der Waals surface area contributed by atoms with Gasteiger partial charge in [0.05, 0.1) is 17.4 Å². The first-order chi connectivity index (χ1) is 7.83. The van der Waals surface area contributed by atoms with Crippen LogP contribution in [0.1, 0.15) is 5.89 Å². The van der Waals surface area contributed by atoms with Crippen LogP contribution in [-0.4, -0.2) is 19.7 Å². The Morgan fingerprint density at radius 2 is 2.25 bits per heavy atom.